The summed E-state index contributed by atoms with van der Waals surface area (Å²) in [5, 5.41) is 0. The van der Waals surface area contributed by atoms with Crippen molar-refractivity contribution >= 4 is 5.97 Å². The third-order valence-electron chi connectivity index (χ3n) is 3.53. The van der Waals surface area contributed by atoms with Gasteiger partial charge in [0, 0.05) is 0 Å². The van der Waals surface area contributed by atoms with Gasteiger partial charge in [-0.25, -0.2) is 0 Å². The lowest BCUT2D eigenvalue weighted by Gasteiger charge is -2.04. The molecule has 4 aliphatic rings. The van der Waals surface area contributed by atoms with Gasteiger partial charge in [0.1, 0.15) is 0 Å². The first-order valence-electron chi connectivity index (χ1n) is 3.92. The van der Waals surface area contributed by atoms with E-state index in [9.17, 15) is 4.79 Å². The molecule has 54 valence electrons. The van der Waals surface area contributed by atoms with Crippen LogP contribution < -0.4 is 0 Å². The lowest BCUT2D eigenvalue weighted by atomic mass is 10.1. The van der Waals surface area contributed by atoms with E-state index >= 15 is 0 Å². The summed E-state index contributed by atoms with van der Waals surface area (Å²) in [5.41, 5.74) is 0. The maximum Gasteiger partial charge on any atom is 0.308 e. The van der Waals surface area contributed by atoms with Crippen LogP contribution in [0.15, 0.2) is 0 Å². The molecule has 0 N–H and O–H groups in total. The fourth-order valence-corrected chi connectivity index (χ4v) is 2.94. The highest BCUT2D eigenvalue weighted by atomic mass is 16.5. The molecule has 0 saturated heterocycles. The van der Waals surface area contributed by atoms with E-state index in [-0.39, 0.29) is 5.97 Å². The fraction of sp³-hybridized carbons (Fsp3) is 0.875. The minimum atomic E-state index is 0.0394. The molecular formula is C8H10O2. The smallest absolute Gasteiger partial charge is 0.308 e. The number of methoxy groups -OCH3 is 1. The molecule has 2 bridgehead atoms. The second-order valence-corrected chi connectivity index (χ2v) is 3.76. The zero-order chi connectivity index (χ0) is 6.88. The highest BCUT2D eigenvalue weighted by molar-refractivity contribution is 5.75. The number of hydrogen-bond donors (Lipinski definition) is 0. The van der Waals surface area contributed by atoms with E-state index in [1.54, 1.807) is 0 Å². The molecule has 4 fully saturated rings. The number of rotatable bonds is 1. The Morgan fingerprint density at radius 3 is 2.50 bits per heavy atom. The maximum absolute atomic E-state index is 11.0. The largest absolute Gasteiger partial charge is 0.469 e. The van der Waals surface area contributed by atoms with Gasteiger partial charge in [-0.1, -0.05) is 0 Å². The van der Waals surface area contributed by atoms with Crippen LogP contribution in [0.1, 0.15) is 6.42 Å². The molecular weight excluding hydrogens is 128 g/mol. The van der Waals surface area contributed by atoms with Gasteiger partial charge in [-0.05, 0) is 30.1 Å². The second kappa shape index (κ2) is 1.25. The van der Waals surface area contributed by atoms with E-state index in [0.717, 1.165) is 30.1 Å². The standard InChI is InChI=1S/C8H10O2/c1-10-8(9)4-2-3-5-6(3)7(4)5/h3-7H,2H2,1H3/t3?,4-,5-,6+,7?/m1/s1. The Labute approximate surface area is 59.6 Å². The van der Waals surface area contributed by atoms with Gasteiger partial charge in [-0.2, -0.15) is 0 Å². The Hall–Kier alpha value is -0.530. The van der Waals surface area contributed by atoms with Crippen molar-refractivity contribution < 1.29 is 9.53 Å². The minimum absolute atomic E-state index is 0.0394. The summed E-state index contributed by atoms with van der Waals surface area (Å²) in [6, 6.07) is 0. The molecule has 0 radical (unpaired) electrons. The van der Waals surface area contributed by atoms with E-state index in [1.165, 1.54) is 7.11 Å². The first-order chi connectivity index (χ1) is 4.84. The summed E-state index contributed by atoms with van der Waals surface area (Å²) in [7, 11) is 1.49. The average molecular weight is 138 g/mol. The normalized spacial score (nSPS) is 59.5. The molecule has 0 spiro atoms. The van der Waals surface area contributed by atoms with Gasteiger partial charge < -0.3 is 4.74 Å². The molecule has 4 aliphatic carbocycles. The summed E-state index contributed by atoms with van der Waals surface area (Å²) in [5.74, 6) is 3.96. The fourth-order valence-electron chi connectivity index (χ4n) is 2.94. The molecule has 2 unspecified atom stereocenters. The second-order valence-electron chi connectivity index (χ2n) is 3.76. The molecule has 5 atom stereocenters. The van der Waals surface area contributed by atoms with Gasteiger partial charge >= 0.3 is 5.97 Å². The highest BCUT2D eigenvalue weighted by Gasteiger charge is 2.81. The topological polar surface area (TPSA) is 26.3 Å². The van der Waals surface area contributed by atoms with E-state index in [1.807, 2.05) is 0 Å². The third-order valence-corrected chi connectivity index (χ3v) is 3.53. The van der Waals surface area contributed by atoms with Crippen molar-refractivity contribution in [3.8, 4) is 0 Å². The first kappa shape index (κ1) is 5.16. The summed E-state index contributed by atoms with van der Waals surface area (Å²) < 4.78 is 4.71. The Morgan fingerprint density at radius 1 is 1.40 bits per heavy atom. The molecule has 10 heavy (non-hydrogen) atoms. The monoisotopic (exact) mass is 138 g/mol. The van der Waals surface area contributed by atoms with Crippen molar-refractivity contribution in [1.29, 1.82) is 0 Å². The van der Waals surface area contributed by atoms with E-state index in [4.69, 9.17) is 4.74 Å². The van der Waals surface area contributed by atoms with Gasteiger partial charge in [0.15, 0.2) is 0 Å². The average Bonchev–Trinajstić information content (AvgIpc) is 2.76. The van der Waals surface area contributed by atoms with Crippen molar-refractivity contribution in [3.05, 3.63) is 0 Å². The zero-order valence-electron chi connectivity index (χ0n) is 5.91. The van der Waals surface area contributed by atoms with Gasteiger partial charge in [-0.3, -0.25) is 4.79 Å². The Kier molecular flexibility index (Phi) is 0.644. The molecule has 0 heterocycles. The molecule has 0 amide bonds. The molecule has 2 heteroatoms. The van der Waals surface area contributed by atoms with Crippen LogP contribution in [0.5, 0.6) is 0 Å². The van der Waals surface area contributed by atoms with Crippen molar-refractivity contribution in [1.82, 2.24) is 0 Å². The van der Waals surface area contributed by atoms with Crippen LogP contribution in [-0.4, -0.2) is 13.1 Å². The lowest BCUT2D eigenvalue weighted by molar-refractivity contribution is -0.145. The van der Waals surface area contributed by atoms with Gasteiger partial charge in [0.05, 0.1) is 13.0 Å². The number of hydrogen-bond acceptors (Lipinski definition) is 2. The van der Waals surface area contributed by atoms with Gasteiger partial charge in [0.25, 0.3) is 0 Å². The van der Waals surface area contributed by atoms with Crippen LogP contribution in [0.4, 0.5) is 0 Å². The van der Waals surface area contributed by atoms with E-state index < -0.39 is 0 Å². The van der Waals surface area contributed by atoms with Crippen LogP contribution >= 0.6 is 0 Å². The van der Waals surface area contributed by atoms with Crippen molar-refractivity contribution in [2.45, 2.75) is 6.42 Å². The van der Waals surface area contributed by atoms with Crippen LogP contribution in [0.3, 0.4) is 0 Å². The number of carbonyl (C=O) groups excluding carboxylic acids is 1. The SMILES string of the molecule is COC(=O)[C@@H]1CC2[C@@H]3C1[C@H]23. The van der Waals surface area contributed by atoms with Crippen LogP contribution in [-0.2, 0) is 9.53 Å². The van der Waals surface area contributed by atoms with Crippen molar-refractivity contribution in [2.24, 2.45) is 29.6 Å². The molecule has 4 rings (SSSR count). The van der Waals surface area contributed by atoms with Crippen molar-refractivity contribution in [3.63, 3.8) is 0 Å². The predicted molar refractivity (Wildman–Crippen MR) is 34.1 cm³/mol. The van der Waals surface area contributed by atoms with Crippen LogP contribution in [0, 0.1) is 29.6 Å². The molecule has 2 nitrogen and oxygen atoms in total. The molecule has 0 aromatic rings. The molecule has 0 aromatic heterocycles. The number of carbonyl (C=O) groups is 1. The zero-order valence-corrected chi connectivity index (χ0v) is 5.91. The first-order valence-corrected chi connectivity index (χ1v) is 3.92. The van der Waals surface area contributed by atoms with Crippen molar-refractivity contribution in [2.75, 3.05) is 7.11 Å². The van der Waals surface area contributed by atoms with Gasteiger partial charge in [0.2, 0.25) is 0 Å². The quantitative estimate of drug-likeness (QED) is 0.498. The summed E-state index contributed by atoms with van der Waals surface area (Å²) in [6.45, 7) is 0. The number of ether oxygens (including phenoxy) is 1. The number of esters is 1. The third kappa shape index (κ3) is 0.360. The minimum Gasteiger partial charge on any atom is -0.469 e. The number of fused-ring (bicyclic) bond motifs is 1. The molecule has 0 aliphatic heterocycles. The van der Waals surface area contributed by atoms with Gasteiger partial charge in [-0.15, -0.1) is 0 Å². The Balaban J connectivity index is 1.78. The van der Waals surface area contributed by atoms with Crippen LogP contribution in [0.2, 0.25) is 0 Å². The summed E-state index contributed by atoms with van der Waals surface area (Å²) in [6.07, 6.45) is 1.13. The Bertz CT molecular complexity index is 195. The predicted octanol–water partition coefficient (Wildman–Crippen LogP) is 0.671. The molecule has 4 saturated carbocycles. The maximum atomic E-state index is 11.0. The molecule has 0 aromatic carbocycles. The summed E-state index contributed by atoms with van der Waals surface area (Å²) in [4.78, 5) is 11.0. The lowest BCUT2D eigenvalue weighted by Crippen LogP contribution is -2.14. The van der Waals surface area contributed by atoms with Crippen LogP contribution in [0.25, 0.3) is 0 Å². The summed E-state index contributed by atoms with van der Waals surface area (Å²) >= 11 is 0. The van der Waals surface area contributed by atoms with E-state index in [0.29, 0.717) is 5.92 Å². The Morgan fingerprint density at radius 2 is 2.10 bits per heavy atom. The highest BCUT2D eigenvalue weighted by Crippen LogP contribution is 2.83. The van der Waals surface area contributed by atoms with E-state index in [2.05, 4.69) is 0 Å².